The molecule has 1 rings (SSSR count). The first kappa shape index (κ1) is 21.7. The zero-order chi connectivity index (χ0) is 18.9. The molecule has 1 aromatic rings. The number of hydrogen-bond donors (Lipinski definition) is 1. The number of ether oxygens (including phenoxy) is 2. The summed E-state index contributed by atoms with van der Waals surface area (Å²) in [5, 5.41) is 9.77. The van der Waals surface area contributed by atoms with Crippen LogP contribution in [-0.4, -0.2) is 60.7 Å². The summed E-state index contributed by atoms with van der Waals surface area (Å²) in [5.41, 5.74) is 2.41. The number of hydrogen-bond acceptors (Lipinski definition) is 7. The predicted octanol–water partition coefficient (Wildman–Crippen LogP) is 2.06. The van der Waals surface area contributed by atoms with Gasteiger partial charge in [-0.05, 0) is 32.4 Å². The Morgan fingerprint density at radius 3 is 2.16 bits per heavy atom. The second-order valence-electron chi connectivity index (χ2n) is 5.70. The molecular weight excluding hydrogens is 344 g/mol. The van der Waals surface area contributed by atoms with Crippen LogP contribution in [0.1, 0.15) is 27.9 Å². The summed E-state index contributed by atoms with van der Waals surface area (Å²) in [7, 11) is 2.00. The molecule has 0 bridgehead atoms. The lowest BCUT2D eigenvalue weighted by Crippen LogP contribution is -2.42. The van der Waals surface area contributed by atoms with E-state index in [-0.39, 0.29) is 13.2 Å². The third-order valence-corrected chi connectivity index (χ3v) is 6.52. The van der Waals surface area contributed by atoms with Gasteiger partial charge in [-0.25, -0.2) is 4.79 Å². The van der Waals surface area contributed by atoms with Crippen molar-refractivity contribution in [3.8, 4) is 0 Å². The van der Waals surface area contributed by atoms with Crippen LogP contribution in [0.15, 0.2) is 18.2 Å². The summed E-state index contributed by atoms with van der Waals surface area (Å²) >= 11 is 0. The van der Waals surface area contributed by atoms with Gasteiger partial charge in [0.25, 0.3) is 0 Å². The molecule has 0 radical (unpaired) electrons. The van der Waals surface area contributed by atoms with E-state index in [1.807, 2.05) is 19.9 Å². The van der Waals surface area contributed by atoms with Crippen molar-refractivity contribution in [2.45, 2.75) is 32.6 Å². The fourth-order valence-corrected chi connectivity index (χ4v) is 4.12. The van der Waals surface area contributed by atoms with Crippen LogP contribution in [-0.2, 0) is 22.8 Å². The fraction of sp³-hybridized carbons (Fsp3) is 0.588. The molecule has 0 saturated carbocycles. The summed E-state index contributed by atoms with van der Waals surface area (Å²) < 4.78 is 26.2. The van der Waals surface area contributed by atoms with Gasteiger partial charge < -0.3 is 27.9 Å². The van der Waals surface area contributed by atoms with Gasteiger partial charge in [-0.2, -0.15) is 0 Å². The second-order valence-corrected chi connectivity index (χ2v) is 8.79. The summed E-state index contributed by atoms with van der Waals surface area (Å²) in [5.74, 6) is -0.487. The van der Waals surface area contributed by atoms with Crippen molar-refractivity contribution in [3.05, 3.63) is 34.9 Å². The monoisotopic (exact) mass is 372 g/mol. The van der Waals surface area contributed by atoms with Gasteiger partial charge in [0.1, 0.15) is 6.61 Å². The van der Waals surface area contributed by atoms with Crippen LogP contribution in [0.2, 0.25) is 6.04 Å². The van der Waals surface area contributed by atoms with E-state index in [9.17, 15) is 9.90 Å². The second kappa shape index (κ2) is 10.6. The van der Waals surface area contributed by atoms with E-state index in [4.69, 9.17) is 22.8 Å². The maximum atomic E-state index is 12.0. The Bertz CT molecular complexity index is 517. The number of aliphatic hydroxyl groups is 1. The maximum absolute atomic E-state index is 12.0. The Kier molecular flexibility index (Phi) is 9.26. The molecule has 0 amide bonds. The van der Waals surface area contributed by atoms with E-state index in [0.29, 0.717) is 18.0 Å². The van der Waals surface area contributed by atoms with Crippen molar-refractivity contribution in [3.63, 3.8) is 0 Å². The SMILES string of the molecule is CO[Si](CCCOC(O)COC(=O)c1cc(C)cc(C)c1)(OC)OC. The highest BCUT2D eigenvalue weighted by Gasteiger charge is 2.36. The lowest BCUT2D eigenvalue weighted by Gasteiger charge is -2.24. The Labute approximate surface area is 150 Å². The molecule has 0 saturated heterocycles. The molecule has 0 aromatic heterocycles. The van der Waals surface area contributed by atoms with Crippen LogP contribution >= 0.6 is 0 Å². The molecule has 0 aliphatic heterocycles. The number of carbonyl (C=O) groups excluding carboxylic acids is 1. The van der Waals surface area contributed by atoms with Gasteiger partial charge in [-0.15, -0.1) is 0 Å². The topological polar surface area (TPSA) is 83.5 Å². The van der Waals surface area contributed by atoms with E-state index in [2.05, 4.69) is 0 Å². The average Bonchev–Trinajstić information content (AvgIpc) is 2.59. The van der Waals surface area contributed by atoms with Crippen LogP contribution < -0.4 is 0 Å². The van der Waals surface area contributed by atoms with E-state index in [0.717, 1.165) is 11.1 Å². The zero-order valence-corrected chi connectivity index (χ0v) is 16.5. The average molecular weight is 372 g/mol. The quantitative estimate of drug-likeness (QED) is 0.275. The van der Waals surface area contributed by atoms with E-state index in [1.165, 1.54) is 0 Å². The fourth-order valence-electron chi connectivity index (χ4n) is 2.44. The van der Waals surface area contributed by atoms with Crippen molar-refractivity contribution < 1.29 is 32.7 Å². The molecule has 8 heteroatoms. The highest BCUT2D eigenvalue weighted by Crippen LogP contribution is 2.15. The molecule has 0 heterocycles. The summed E-state index contributed by atoms with van der Waals surface area (Å²) in [4.78, 5) is 12.0. The van der Waals surface area contributed by atoms with Crippen LogP contribution in [0.25, 0.3) is 0 Å². The number of benzene rings is 1. The first-order chi connectivity index (χ1) is 11.9. The highest BCUT2D eigenvalue weighted by atomic mass is 28.4. The first-order valence-corrected chi connectivity index (χ1v) is 9.99. The summed E-state index contributed by atoms with van der Waals surface area (Å²) in [6, 6.07) is 6.02. The predicted molar refractivity (Wildman–Crippen MR) is 94.4 cm³/mol. The zero-order valence-electron chi connectivity index (χ0n) is 15.5. The minimum Gasteiger partial charge on any atom is -0.457 e. The maximum Gasteiger partial charge on any atom is 0.500 e. The molecule has 0 aliphatic rings. The van der Waals surface area contributed by atoms with Crippen LogP contribution in [0.4, 0.5) is 0 Å². The molecule has 1 unspecified atom stereocenters. The molecule has 1 N–H and O–H groups in total. The smallest absolute Gasteiger partial charge is 0.457 e. The molecular formula is C17H28O7Si. The Balaban J connectivity index is 2.33. The number of aryl methyl sites for hydroxylation is 2. The molecule has 1 aromatic carbocycles. The molecule has 0 spiro atoms. The third-order valence-electron chi connectivity index (χ3n) is 3.68. The van der Waals surface area contributed by atoms with Gasteiger partial charge in [0.15, 0.2) is 6.29 Å². The minimum atomic E-state index is -2.63. The molecule has 1 atom stereocenters. The molecule has 7 nitrogen and oxygen atoms in total. The van der Waals surface area contributed by atoms with Crippen molar-refractivity contribution in [2.24, 2.45) is 0 Å². The first-order valence-electron chi connectivity index (χ1n) is 8.06. The van der Waals surface area contributed by atoms with Crippen molar-refractivity contribution in [1.82, 2.24) is 0 Å². The number of esters is 1. The summed E-state index contributed by atoms with van der Waals surface area (Å²) in [6.45, 7) is 3.86. The highest BCUT2D eigenvalue weighted by molar-refractivity contribution is 6.60. The van der Waals surface area contributed by atoms with Crippen molar-refractivity contribution in [2.75, 3.05) is 34.5 Å². The minimum absolute atomic E-state index is 0.229. The third kappa shape index (κ3) is 7.23. The van der Waals surface area contributed by atoms with Gasteiger partial charge in [0.05, 0.1) is 5.56 Å². The lowest BCUT2D eigenvalue weighted by atomic mass is 10.1. The number of aliphatic hydroxyl groups excluding tert-OH is 1. The van der Waals surface area contributed by atoms with E-state index < -0.39 is 21.1 Å². The largest absolute Gasteiger partial charge is 0.500 e. The van der Waals surface area contributed by atoms with Gasteiger partial charge >= 0.3 is 14.8 Å². The van der Waals surface area contributed by atoms with Gasteiger partial charge in [0.2, 0.25) is 0 Å². The van der Waals surface area contributed by atoms with Crippen LogP contribution in [0.5, 0.6) is 0 Å². The lowest BCUT2D eigenvalue weighted by molar-refractivity contribution is -0.127. The van der Waals surface area contributed by atoms with Crippen molar-refractivity contribution in [1.29, 1.82) is 0 Å². The van der Waals surface area contributed by atoms with Gasteiger partial charge in [0, 0.05) is 34.0 Å². The number of rotatable bonds is 11. The Morgan fingerprint density at radius 1 is 1.08 bits per heavy atom. The molecule has 0 fully saturated rings. The molecule has 25 heavy (non-hydrogen) atoms. The van der Waals surface area contributed by atoms with Crippen molar-refractivity contribution >= 4 is 14.8 Å². The standard InChI is InChI=1S/C17H28O7Si/c1-13-9-14(2)11-15(10-13)17(19)24-12-16(18)23-7-6-8-25(20-3,21-4)22-5/h9-11,16,18H,6-8,12H2,1-5H3. The molecule has 0 aliphatic carbocycles. The van der Waals surface area contributed by atoms with Crippen LogP contribution in [0.3, 0.4) is 0 Å². The van der Waals surface area contributed by atoms with E-state index in [1.54, 1.807) is 33.5 Å². The normalized spacial score (nSPS) is 12.9. The number of carbonyl (C=O) groups is 1. The molecule has 142 valence electrons. The van der Waals surface area contributed by atoms with Crippen LogP contribution in [0, 0.1) is 13.8 Å². The van der Waals surface area contributed by atoms with Gasteiger partial charge in [-0.3, -0.25) is 0 Å². The Hall–Kier alpha value is -1.29. The van der Waals surface area contributed by atoms with Gasteiger partial charge in [-0.1, -0.05) is 17.2 Å². The summed E-state index contributed by atoms with van der Waals surface area (Å²) in [6.07, 6.45) is -0.595. The Morgan fingerprint density at radius 2 is 1.64 bits per heavy atom. The van der Waals surface area contributed by atoms with E-state index >= 15 is 0 Å².